The third-order valence-corrected chi connectivity index (χ3v) is 3.83. The van der Waals surface area contributed by atoms with Gasteiger partial charge in [-0.3, -0.25) is 0 Å². The van der Waals surface area contributed by atoms with E-state index in [0.717, 1.165) is 6.07 Å². The van der Waals surface area contributed by atoms with Crippen molar-refractivity contribution in [1.29, 1.82) is 0 Å². The molecule has 0 radical (unpaired) electrons. The Hall–Kier alpha value is -1.03. The van der Waals surface area contributed by atoms with Gasteiger partial charge in [-0.05, 0) is 29.4 Å². The molecule has 1 N–H and O–H groups in total. The Morgan fingerprint density at radius 2 is 1.94 bits per heavy atom. The fourth-order valence-electron chi connectivity index (χ4n) is 2.40. The molecule has 1 aromatic carbocycles. The van der Waals surface area contributed by atoms with Crippen LogP contribution in [0.4, 0.5) is 13.2 Å². The van der Waals surface area contributed by atoms with Crippen molar-refractivity contribution in [3.63, 3.8) is 0 Å². The fraction of sp³-hybridized carbons (Fsp3) is 0.538. The van der Waals surface area contributed by atoms with Crippen molar-refractivity contribution in [3.8, 4) is 0 Å². The first-order valence-corrected chi connectivity index (χ1v) is 5.58. The second-order valence-corrected chi connectivity index (χ2v) is 5.25. The predicted octanol–water partition coefficient (Wildman–Crippen LogP) is 3.58. The van der Waals surface area contributed by atoms with Crippen LogP contribution in [0.25, 0.3) is 0 Å². The van der Waals surface area contributed by atoms with Gasteiger partial charge in [0, 0.05) is 0 Å². The van der Waals surface area contributed by atoms with Crippen LogP contribution in [0.5, 0.6) is 0 Å². The molecule has 1 saturated carbocycles. The molecular formula is C13H15F3O. The lowest BCUT2D eigenvalue weighted by molar-refractivity contribution is -0.137. The summed E-state index contributed by atoms with van der Waals surface area (Å²) in [6, 6.07) is 5.40. The topological polar surface area (TPSA) is 20.2 Å². The first-order chi connectivity index (χ1) is 7.73. The van der Waals surface area contributed by atoms with Gasteiger partial charge in [-0.2, -0.15) is 13.2 Å². The van der Waals surface area contributed by atoms with Crippen LogP contribution in [-0.4, -0.2) is 11.2 Å². The summed E-state index contributed by atoms with van der Waals surface area (Å²) >= 11 is 0. The summed E-state index contributed by atoms with van der Waals surface area (Å²) in [4.78, 5) is 0. The van der Waals surface area contributed by atoms with E-state index in [2.05, 4.69) is 0 Å². The van der Waals surface area contributed by atoms with Crippen LogP contribution >= 0.6 is 0 Å². The van der Waals surface area contributed by atoms with Crippen molar-refractivity contribution in [1.82, 2.24) is 0 Å². The SMILES string of the molecule is CC1(C)C(O)CC1c1cccc(C(F)(F)F)c1. The summed E-state index contributed by atoms with van der Waals surface area (Å²) in [5, 5.41) is 9.61. The fourth-order valence-corrected chi connectivity index (χ4v) is 2.40. The van der Waals surface area contributed by atoms with Gasteiger partial charge in [0.25, 0.3) is 0 Å². The van der Waals surface area contributed by atoms with Gasteiger partial charge in [-0.25, -0.2) is 0 Å². The lowest BCUT2D eigenvalue weighted by Gasteiger charge is -2.49. The van der Waals surface area contributed by atoms with E-state index < -0.39 is 17.8 Å². The Morgan fingerprint density at radius 1 is 1.29 bits per heavy atom. The summed E-state index contributed by atoms with van der Waals surface area (Å²) in [7, 11) is 0. The number of hydrogen-bond acceptors (Lipinski definition) is 1. The maximum Gasteiger partial charge on any atom is 0.416 e. The maximum atomic E-state index is 12.6. The van der Waals surface area contributed by atoms with Gasteiger partial charge in [0.15, 0.2) is 0 Å². The smallest absolute Gasteiger partial charge is 0.393 e. The predicted molar refractivity (Wildman–Crippen MR) is 58.6 cm³/mol. The first-order valence-electron chi connectivity index (χ1n) is 5.58. The Bertz CT molecular complexity index is 423. The summed E-state index contributed by atoms with van der Waals surface area (Å²) in [5.74, 6) is -0.000185. The van der Waals surface area contributed by atoms with Crippen molar-refractivity contribution >= 4 is 0 Å². The molecule has 1 nitrogen and oxygen atoms in total. The largest absolute Gasteiger partial charge is 0.416 e. The van der Waals surface area contributed by atoms with Crippen LogP contribution in [0.1, 0.15) is 37.3 Å². The highest BCUT2D eigenvalue weighted by Gasteiger charge is 2.48. The molecule has 4 heteroatoms. The normalized spacial score (nSPS) is 27.6. The Labute approximate surface area is 98.3 Å². The van der Waals surface area contributed by atoms with E-state index >= 15 is 0 Å². The highest BCUT2D eigenvalue weighted by Crippen LogP contribution is 2.52. The van der Waals surface area contributed by atoms with Gasteiger partial charge in [-0.15, -0.1) is 0 Å². The second kappa shape index (κ2) is 3.73. The minimum Gasteiger partial charge on any atom is -0.393 e. The second-order valence-electron chi connectivity index (χ2n) is 5.25. The van der Waals surface area contributed by atoms with Crippen LogP contribution < -0.4 is 0 Å². The van der Waals surface area contributed by atoms with Crippen molar-refractivity contribution in [2.24, 2.45) is 5.41 Å². The molecular weight excluding hydrogens is 229 g/mol. The van der Waals surface area contributed by atoms with Gasteiger partial charge in [0.2, 0.25) is 0 Å². The van der Waals surface area contributed by atoms with Gasteiger partial charge in [0.1, 0.15) is 0 Å². The third kappa shape index (κ3) is 2.06. The molecule has 1 aliphatic rings. The molecule has 0 saturated heterocycles. The summed E-state index contributed by atoms with van der Waals surface area (Å²) in [6.45, 7) is 3.76. The molecule has 0 aromatic heterocycles. The average Bonchev–Trinajstić information content (AvgIpc) is 2.24. The maximum absolute atomic E-state index is 12.6. The number of rotatable bonds is 1. The van der Waals surface area contributed by atoms with Gasteiger partial charge in [-0.1, -0.05) is 32.0 Å². The molecule has 0 spiro atoms. The van der Waals surface area contributed by atoms with Crippen molar-refractivity contribution in [2.45, 2.75) is 38.5 Å². The molecule has 1 fully saturated rings. The average molecular weight is 244 g/mol. The number of halogens is 3. The Kier molecular flexibility index (Phi) is 2.73. The highest BCUT2D eigenvalue weighted by atomic mass is 19.4. The van der Waals surface area contributed by atoms with Crippen LogP contribution in [0.2, 0.25) is 0 Å². The van der Waals surface area contributed by atoms with E-state index in [1.807, 2.05) is 13.8 Å². The number of hydrogen-bond donors (Lipinski definition) is 1. The standard InChI is InChI=1S/C13H15F3O/c1-12(2)10(7-11(12)17)8-4-3-5-9(6-8)13(14,15)16/h3-6,10-11,17H,7H2,1-2H3. The van der Waals surface area contributed by atoms with Crippen LogP contribution in [-0.2, 0) is 6.18 Å². The monoisotopic (exact) mass is 244 g/mol. The van der Waals surface area contributed by atoms with Crippen molar-refractivity contribution in [3.05, 3.63) is 35.4 Å². The van der Waals surface area contributed by atoms with Gasteiger partial charge < -0.3 is 5.11 Å². The zero-order valence-electron chi connectivity index (χ0n) is 9.75. The highest BCUT2D eigenvalue weighted by molar-refractivity contribution is 5.32. The van der Waals surface area contributed by atoms with Crippen LogP contribution in [0.15, 0.2) is 24.3 Å². The van der Waals surface area contributed by atoms with E-state index in [4.69, 9.17) is 0 Å². The molecule has 0 aliphatic heterocycles. The minimum atomic E-state index is -4.30. The minimum absolute atomic E-state index is 0.000185. The number of benzene rings is 1. The van der Waals surface area contributed by atoms with Crippen molar-refractivity contribution < 1.29 is 18.3 Å². The molecule has 1 aliphatic carbocycles. The Morgan fingerprint density at radius 3 is 2.41 bits per heavy atom. The summed E-state index contributed by atoms with van der Waals surface area (Å²) in [6.07, 6.45) is -4.20. The zero-order chi connectivity index (χ0) is 12.8. The molecule has 2 rings (SSSR count). The lowest BCUT2D eigenvalue weighted by atomic mass is 9.58. The number of alkyl halides is 3. The number of aliphatic hydroxyl groups is 1. The van der Waals surface area contributed by atoms with E-state index in [1.54, 1.807) is 6.07 Å². The molecule has 0 heterocycles. The lowest BCUT2D eigenvalue weighted by Crippen LogP contribution is -2.47. The zero-order valence-corrected chi connectivity index (χ0v) is 9.75. The van der Waals surface area contributed by atoms with E-state index in [1.165, 1.54) is 12.1 Å². The quantitative estimate of drug-likeness (QED) is 0.800. The van der Waals surface area contributed by atoms with Crippen LogP contribution in [0, 0.1) is 5.41 Å². The van der Waals surface area contributed by atoms with E-state index in [0.29, 0.717) is 12.0 Å². The van der Waals surface area contributed by atoms with Gasteiger partial charge >= 0.3 is 6.18 Å². The molecule has 94 valence electrons. The van der Waals surface area contributed by atoms with Gasteiger partial charge in [0.05, 0.1) is 11.7 Å². The molecule has 17 heavy (non-hydrogen) atoms. The number of aliphatic hydroxyl groups excluding tert-OH is 1. The Balaban J connectivity index is 2.30. The van der Waals surface area contributed by atoms with Crippen molar-refractivity contribution in [2.75, 3.05) is 0 Å². The molecule has 0 amide bonds. The van der Waals surface area contributed by atoms with E-state index in [-0.39, 0.29) is 11.3 Å². The first kappa shape index (κ1) is 12.4. The molecule has 2 atom stereocenters. The third-order valence-electron chi connectivity index (χ3n) is 3.83. The molecule has 0 bridgehead atoms. The molecule has 2 unspecified atom stereocenters. The summed E-state index contributed by atoms with van der Waals surface area (Å²) < 4.78 is 37.7. The summed E-state index contributed by atoms with van der Waals surface area (Å²) in [5.41, 5.74) is -0.299. The van der Waals surface area contributed by atoms with E-state index in [9.17, 15) is 18.3 Å². The molecule has 1 aromatic rings. The van der Waals surface area contributed by atoms with Crippen LogP contribution in [0.3, 0.4) is 0 Å².